The minimum Gasteiger partial charge on any atom is -0.354 e. The number of nitrogens with one attached hydrogen (secondary N) is 2. The fourth-order valence-electron chi connectivity index (χ4n) is 4.90. The second-order valence-corrected chi connectivity index (χ2v) is 9.00. The predicted molar refractivity (Wildman–Crippen MR) is 118 cm³/mol. The highest BCUT2D eigenvalue weighted by atomic mass is 16.7. The standard InChI is InChI=1S/C24H33N3O5/c28-21(17-26-22(29)19-4-2-1-3-5-19)25-16-18-6-8-20(9-7-18)23(30)27-12-10-24(11-13-27)31-14-15-32-24/h1-5,18,20H,6-17H2,(H,25,28)(H,26,29). The van der Waals surface area contributed by atoms with Gasteiger partial charge in [-0.15, -0.1) is 0 Å². The van der Waals surface area contributed by atoms with Crippen molar-refractivity contribution in [1.82, 2.24) is 15.5 Å². The van der Waals surface area contributed by atoms with Crippen molar-refractivity contribution in [2.24, 2.45) is 11.8 Å². The lowest BCUT2D eigenvalue weighted by atomic mass is 9.81. The monoisotopic (exact) mass is 443 g/mol. The van der Waals surface area contributed by atoms with Crippen molar-refractivity contribution in [3.05, 3.63) is 35.9 Å². The van der Waals surface area contributed by atoms with E-state index in [0.717, 1.165) is 38.5 Å². The lowest BCUT2D eigenvalue weighted by Crippen LogP contribution is -2.49. The van der Waals surface area contributed by atoms with Crippen LogP contribution in [0, 0.1) is 11.8 Å². The van der Waals surface area contributed by atoms with Gasteiger partial charge in [-0.1, -0.05) is 18.2 Å². The Balaban J connectivity index is 1.12. The molecule has 8 nitrogen and oxygen atoms in total. The lowest BCUT2D eigenvalue weighted by molar-refractivity contribution is -0.188. The summed E-state index contributed by atoms with van der Waals surface area (Å²) in [5.41, 5.74) is 0.537. The van der Waals surface area contributed by atoms with E-state index in [9.17, 15) is 14.4 Å². The molecule has 1 aliphatic carbocycles. The number of carbonyl (C=O) groups is 3. The summed E-state index contributed by atoms with van der Waals surface area (Å²) in [7, 11) is 0. The predicted octanol–water partition coefficient (Wildman–Crippen LogP) is 1.70. The molecule has 2 aliphatic heterocycles. The smallest absolute Gasteiger partial charge is 0.251 e. The van der Waals surface area contributed by atoms with Crippen LogP contribution in [-0.2, 0) is 19.1 Å². The maximum atomic E-state index is 12.9. The number of nitrogens with zero attached hydrogens (tertiary/aromatic N) is 1. The van der Waals surface area contributed by atoms with Crippen LogP contribution in [0.1, 0.15) is 48.9 Å². The molecule has 1 spiro atoms. The molecular formula is C24H33N3O5. The van der Waals surface area contributed by atoms with Gasteiger partial charge in [0.25, 0.3) is 5.91 Å². The van der Waals surface area contributed by atoms with Gasteiger partial charge in [-0.25, -0.2) is 0 Å². The molecule has 2 N–H and O–H groups in total. The molecule has 3 aliphatic rings. The first kappa shape index (κ1) is 22.7. The second kappa shape index (κ2) is 10.4. The molecule has 2 saturated heterocycles. The molecule has 174 valence electrons. The van der Waals surface area contributed by atoms with Crippen LogP contribution in [-0.4, -0.2) is 67.8 Å². The maximum Gasteiger partial charge on any atom is 0.251 e. The topological polar surface area (TPSA) is 97.0 Å². The Morgan fingerprint density at radius 2 is 1.59 bits per heavy atom. The fraction of sp³-hybridized carbons (Fsp3) is 0.625. The van der Waals surface area contributed by atoms with Gasteiger partial charge in [0, 0.05) is 44.0 Å². The van der Waals surface area contributed by atoms with Gasteiger partial charge < -0.3 is 25.0 Å². The van der Waals surface area contributed by atoms with Gasteiger partial charge in [0.05, 0.1) is 19.8 Å². The Morgan fingerprint density at radius 1 is 0.938 bits per heavy atom. The SMILES string of the molecule is O=C(CNC(=O)c1ccccc1)NCC1CCC(C(=O)N2CCC3(CC2)OCCO3)CC1. The Morgan fingerprint density at radius 3 is 2.25 bits per heavy atom. The van der Waals surface area contributed by atoms with Crippen LogP contribution in [0.4, 0.5) is 0 Å². The third-order valence-electron chi connectivity index (χ3n) is 6.88. The summed E-state index contributed by atoms with van der Waals surface area (Å²) in [6.45, 7) is 3.24. The Kier molecular flexibility index (Phi) is 7.42. The van der Waals surface area contributed by atoms with Crippen molar-refractivity contribution in [3.8, 4) is 0 Å². The lowest BCUT2D eigenvalue weighted by Gasteiger charge is -2.39. The molecule has 1 aromatic carbocycles. The van der Waals surface area contributed by atoms with Crippen LogP contribution in [0.5, 0.6) is 0 Å². The fourth-order valence-corrected chi connectivity index (χ4v) is 4.90. The molecule has 1 saturated carbocycles. The summed E-state index contributed by atoms with van der Waals surface area (Å²) in [6, 6.07) is 8.84. The zero-order valence-electron chi connectivity index (χ0n) is 18.5. The minimum absolute atomic E-state index is 0.0363. The minimum atomic E-state index is -0.451. The molecule has 3 amide bonds. The number of hydrogen-bond donors (Lipinski definition) is 2. The summed E-state index contributed by atoms with van der Waals surface area (Å²) in [5, 5.41) is 5.56. The van der Waals surface area contributed by atoms with Gasteiger partial charge in [0.2, 0.25) is 11.8 Å². The summed E-state index contributed by atoms with van der Waals surface area (Å²) >= 11 is 0. The number of rotatable bonds is 6. The van der Waals surface area contributed by atoms with E-state index < -0.39 is 5.79 Å². The Hall–Kier alpha value is -2.45. The molecule has 4 rings (SSSR count). The molecule has 0 atom stereocenters. The molecule has 3 fully saturated rings. The van der Waals surface area contributed by atoms with Crippen molar-refractivity contribution in [2.75, 3.05) is 39.4 Å². The number of likely N-dealkylation sites (tertiary alicyclic amines) is 1. The van der Waals surface area contributed by atoms with Crippen LogP contribution in [0.15, 0.2) is 30.3 Å². The molecule has 2 heterocycles. The van der Waals surface area contributed by atoms with E-state index in [1.807, 2.05) is 11.0 Å². The van der Waals surface area contributed by atoms with Gasteiger partial charge in [-0.05, 0) is 43.7 Å². The molecule has 0 unspecified atom stereocenters. The normalized spacial score (nSPS) is 24.8. The van der Waals surface area contributed by atoms with E-state index in [2.05, 4.69) is 10.6 Å². The van der Waals surface area contributed by atoms with E-state index in [1.165, 1.54) is 0 Å². The highest BCUT2D eigenvalue weighted by Gasteiger charge is 2.42. The van der Waals surface area contributed by atoms with Crippen LogP contribution in [0.3, 0.4) is 0 Å². The van der Waals surface area contributed by atoms with Crippen LogP contribution >= 0.6 is 0 Å². The summed E-state index contributed by atoms with van der Waals surface area (Å²) in [6.07, 6.45) is 5.08. The van der Waals surface area contributed by atoms with Gasteiger partial charge in [-0.2, -0.15) is 0 Å². The summed E-state index contributed by atoms with van der Waals surface area (Å²) < 4.78 is 11.5. The van der Waals surface area contributed by atoms with E-state index in [4.69, 9.17) is 9.47 Å². The molecule has 1 aromatic rings. The molecular weight excluding hydrogens is 410 g/mol. The molecule has 8 heteroatoms. The van der Waals surface area contributed by atoms with Crippen LogP contribution in [0.25, 0.3) is 0 Å². The third-order valence-corrected chi connectivity index (χ3v) is 6.88. The molecule has 0 radical (unpaired) electrons. The van der Waals surface area contributed by atoms with E-state index >= 15 is 0 Å². The number of piperidine rings is 1. The van der Waals surface area contributed by atoms with Crippen molar-refractivity contribution >= 4 is 17.7 Å². The van der Waals surface area contributed by atoms with Crippen molar-refractivity contribution < 1.29 is 23.9 Å². The van der Waals surface area contributed by atoms with E-state index in [0.29, 0.717) is 44.3 Å². The number of amides is 3. The summed E-state index contributed by atoms with van der Waals surface area (Å²) in [4.78, 5) is 39.0. The zero-order chi connectivity index (χ0) is 22.4. The van der Waals surface area contributed by atoms with Gasteiger partial charge >= 0.3 is 0 Å². The van der Waals surface area contributed by atoms with Crippen LogP contribution < -0.4 is 10.6 Å². The van der Waals surface area contributed by atoms with Gasteiger partial charge in [-0.3, -0.25) is 14.4 Å². The number of hydrogen-bond acceptors (Lipinski definition) is 5. The van der Waals surface area contributed by atoms with Crippen molar-refractivity contribution in [3.63, 3.8) is 0 Å². The van der Waals surface area contributed by atoms with Gasteiger partial charge in [0.1, 0.15) is 0 Å². The van der Waals surface area contributed by atoms with Crippen LogP contribution in [0.2, 0.25) is 0 Å². The number of ether oxygens (including phenoxy) is 2. The molecule has 32 heavy (non-hydrogen) atoms. The van der Waals surface area contributed by atoms with Crippen molar-refractivity contribution in [1.29, 1.82) is 0 Å². The average molecular weight is 444 g/mol. The Labute approximate surface area is 189 Å². The van der Waals surface area contributed by atoms with E-state index in [1.54, 1.807) is 24.3 Å². The first-order valence-electron chi connectivity index (χ1n) is 11.7. The van der Waals surface area contributed by atoms with E-state index in [-0.39, 0.29) is 30.2 Å². The summed E-state index contributed by atoms with van der Waals surface area (Å²) in [5.74, 6) is -0.193. The quantitative estimate of drug-likeness (QED) is 0.698. The highest BCUT2D eigenvalue weighted by Crippen LogP contribution is 2.34. The van der Waals surface area contributed by atoms with Crippen molar-refractivity contribution in [2.45, 2.75) is 44.3 Å². The number of benzene rings is 1. The largest absolute Gasteiger partial charge is 0.354 e. The third kappa shape index (κ3) is 5.66. The first-order chi connectivity index (χ1) is 15.5. The zero-order valence-corrected chi connectivity index (χ0v) is 18.5. The molecule has 0 bridgehead atoms. The van der Waals surface area contributed by atoms with Gasteiger partial charge in [0.15, 0.2) is 5.79 Å². The number of carbonyl (C=O) groups excluding carboxylic acids is 3. The second-order valence-electron chi connectivity index (χ2n) is 9.00. The molecule has 0 aromatic heterocycles. The maximum absolute atomic E-state index is 12.9. The Bertz CT molecular complexity index is 791. The first-order valence-corrected chi connectivity index (χ1v) is 11.7. The highest BCUT2D eigenvalue weighted by molar-refractivity contribution is 5.96. The average Bonchev–Trinajstić information content (AvgIpc) is 3.30.